The minimum Gasteiger partial charge on any atom is -0.492 e. The van der Waals surface area contributed by atoms with Crippen LogP contribution in [0.4, 0.5) is 0 Å². The van der Waals surface area contributed by atoms with Crippen molar-refractivity contribution in [2.75, 3.05) is 19.7 Å². The van der Waals surface area contributed by atoms with Crippen LogP contribution in [-0.2, 0) is 21.1 Å². The van der Waals surface area contributed by atoms with Crippen molar-refractivity contribution >= 4 is 37.1 Å². The van der Waals surface area contributed by atoms with Crippen molar-refractivity contribution in [3.63, 3.8) is 0 Å². The Hall–Kier alpha value is -1.34. The Bertz CT molecular complexity index is 553. The molecule has 1 rings (SSSR count). The smallest absolute Gasteiger partial charge is 0.220 e. The summed E-state index contributed by atoms with van der Waals surface area (Å²) in [5, 5.41) is 5.59. The van der Waals surface area contributed by atoms with Crippen LogP contribution in [0, 0.1) is 0 Å². The van der Waals surface area contributed by atoms with Gasteiger partial charge < -0.3 is 15.4 Å². The van der Waals surface area contributed by atoms with E-state index in [4.69, 9.17) is 4.74 Å². The highest BCUT2D eigenvalue weighted by Crippen LogP contribution is 2.20. The second-order valence-electron chi connectivity index (χ2n) is 5.74. The third-order valence-corrected chi connectivity index (χ3v) is 4.35. The fraction of sp³-hybridized carbons (Fsp3) is 0.556. The molecule has 7 heteroatoms. The summed E-state index contributed by atoms with van der Waals surface area (Å²) in [6.07, 6.45) is 3.14. The standard InChI is InChI=1S/C18H28N2O3S2/c1-14(21)19-8-4-2-3-5-18(22)20-9-10-23-17-7-6-15(12-24)16(11-17)13-25/h6-7,11,24-25H,2-5,8-10,12-13H2,1H3,(H,19,21)(H,20,22). The number of amides is 2. The number of nitrogens with one attached hydrogen (secondary N) is 2. The molecule has 1 aromatic carbocycles. The molecule has 0 aromatic heterocycles. The molecule has 0 atom stereocenters. The van der Waals surface area contributed by atoms with Gasteiger partial charge in [-0.2, -0.15) is 25.3 Å². The van der Waals surface area contributed by atoms with Gasteiger partial charge in [-0.3, -0.25) is 9.59 Å². The Morgan fingerprint density at radius 2 is 1.76 bits per heavy atom. The van der Waals surface area contributed by atoms with Crippen molar-refractivity contribution in [3.05, 3.63) is 29.3 Å². The third-order valence-electron chi connectivity index (χ3n) is 3.67. The molecule has 0 fully saturated rings. The van der Waals surface area contributed by atoms with Crippen LogP contribution >= 0.6 is 25.3 Å². The molecule has 0 saturated carbocycles. The molecule has 25 heavy (non-hydrogen) atoms. The lowest BCUT2D eigenvalue weighted by molar-refractivity contribution is -0.121. The number of ether oxygens (including phenoxy) is 1. The minimum atomic E-state index is -0.0144. The molecular formula is C18H28N2O3S2. The third kappa shape index (κ3) is 9.65. The van der Waals surface area contributed by atoms with E-state index < -0.39 is 0 Å². The van der Waals surface area contributed by atoms with E-state index in [1.54, 1.807) is 0 Å². The molecule has 0 spiro atoms. The van der Waals surface area contributed by atoms with Gasteiger partial charge >= 0.3 is 0 Å². The first-order valence-electron chi connectivity index (χ1n) is 8.54. The van der Waals surface area contributed by atoms with Gasteiger partial charge in [0.2, 0.25) is 11.8 Å². The van der Waals surface area contributed by atoms with E-state index >= 15 is 0 Å². The number of unbranched alkanes of at least 4 members (excludes halogenated alkanes) is 2. The number of carbonyl (C=O) groups excluding carboxylic acids is 2. The van der Waals surface area contributed by atoms with Gasteiger partial charge in [-0.15, -0.1) is 0 Å². The molecule has 5 nitrogen and oxygen atoms in total. The normalized spacial score (nSPS) is 10.4. The molecule has 0 aliphatic carbocycles. The zero-order valence-corrected chi connectivity index (χ0v) is 16.5. The summed E-state index contributed by atoms with van der Waals surface area (Å²) in [7, 11) is 0. The van der Waals surface area contributed by atoms with E-state index in [-0.39, 0.29) is 11.8 Å². The van der Waals surface area contributed by atoms with E-state index in [9.17, 15) is 9.59 Å². The van der Waals surface area contributed by atoms with Crippen molar-refractivity contribution in [1.29, 1.82) is 0 Å². The average molecular weight is 385 g/mol. The van der Waals surface area contributed by atoms with Gasteiger partial charge in [0.05, 0.1) is 6.54 Å². The van der Waals surface area contributed by atoms with Crippen LogP contribution in [0.3, 0.4) is 0 Å². The first kappa shape index (κ1) is 21.7. The summed E-state index contributed by atoms with van der Waals surface area (Å²) in [6.45, 7) is 3.09. The molecule has 2 N–H and O–H groups in total. The largest absolute Gasteiger partial charge is 0.492 e. The Balaban J connectivity index is 2.12. The maximum atomic E-state index is 11.7. The number of thiol groups is 2. The Kier molecular flexibility index (Phi) is 11.2. The SMILES string of the molecule is CC(=O)NCCCCCC(=O)NCCOc1ccc(CS)c(CS)c1. The quantitative estimate of drug-likeness (QED) is 0.331. The van der Waals surface area contributed by atoms with Gasteiger partial charge in [0.15, 0.2) is 0 Å². The monoisotopic (exact) mass is 384 g/mol. The summed E-state index contributed by atoms with van der Waals surface area (Å²) in [4.78, 5) is 22.4. The highest BCUT2D eigenvalue weighted by molar-refractivity contribution is 7.79. The van der Waals surface area contributed by atoms with Gasteiger partial charge in [0.25, 0.3) is 0 Å². The van der Waals surface area contributed by atoms with E-state index in [1.165, 1.54) is 6.92 Å². The summed E-state index contributed by atoms with van der Waals surface area (Å²) < 4.78 is 5.66. The van der Waals surface area contributed by atoms with Crippen LogP contribution in [0.5, 0.6) is 5.75 Å². The summed E-state index contributed by atoms with van der Waals surface area (Å²) in [5.41, 5.74) is 2.26. The van der Waals surface area contributed by atoms with Crippen LogP contribution in [0.1, 0.15) is 43.7 Å². The van der Waals surface area contributed by atoms with Gasteiger partial charge in [0, 0.05) is 31.4 Å². The lowest BCUT2D eigenvalue weighted by Gasteiger charge is -2.11. The molecule has 0 heterocycles. The maximum Gasteiger partial charge on any atom is 0.220 e. The van der Waals surface area contributed by atoms with Crippen molar-refractivity contribution in [1.82, 2.24) is 10.6 Å². The lowest BCUT2D eigenvalue weighted by atomic mass is 10.1. The van der Waals surface area contributed by atoms with Crippen LogP contribution in [0.25, 0.3) is 0 Å². The molecule has 0 bridgehead atoms. The lowest BCUT2D eigenvalue weighted by Crippen LogP contribution is -2.27. The summed E-state index contributed by atoms with van der Waals surface area (Å²) in [6, 6.07) is 5.87. The number of carbonyl (C=O) groups is 2. The minimum absolute atomic E-state index is 0.0144. The molecule has 0 radical (unpaired) electrons. The summed E-state index contributed by atoms with van der Waals surface area (Å²) >= 11 is 8.60. The van der Waals surface area contributed by atoms with E-state index in [0.29, 0.717) is 37.6 Å². The van der Waals surface area contributed by atoms with Gasteiger partial charge in [0.1, 0.15) is 12.4 Å². The van der Waals surface area contributed by atoms with E-state index in [2.05, 4.69) is 35.9 Å². The van der Waals surface area contributed by atoms with Crippen molar-refractivity contribution < 1.29 is 14.3 Å². The number of benzene rings is 1. The van der Waals surface area contributed by atoms with E-state index in [1.807, 2.05) is 18.2 Å². The highest BCUT2D eigenvalue weighted by atomic mass is 32.1. The fourth-order valence-corrected chi connectivity index (χ4v) is 2.90. The molecule has 2 amide bonds. The Morgan fingerprint density at radius 3 is 2.44 bits per heavy atom. The predicted octanol–water partition coefficient (Wildman–Crippen LogP) is 2.74. The molecule has 140 valence electrons. The first-order chi connectivity index (χ1) is 12.1. The zero-order chi connectivity index (χ0) is 18.5. The van der Waals surface area contributed by atoms with E-state index in [0.717, 1.165) is 36.1 Å². The maximum absolute atomic E-state index is 11.7. The van der Waals surface area contributed by atoms with Gasteiger partial charge in [-0.25, -0.2) is 0 Å². The Morgan fingerprint density at radius 1 is 1.00 bits per heavy atom. The number of hydrogen-bond acceptors (Lipinski definition) is 5. The first-order valence-corrected chi connectivity index (χ1v) is 9.80. The van der Waals surface area contributed by atoms with Crippen molar-refractivity contribution in [2.45, 2.75) is 44.1 Å². The molecule has 0 unspecified atom stereocenters. The average Bonchev–Trinajstić information content (AvgIpc) is 2.61. The Labute approximate surface area is 161 Å². The molecular weight excluding hydrogens is 356 g/mol. The fourth-order valence-electron chi connectivity index (χ4n) is 2.29. The molecule has 0 aliphatic rings. The summed E-state index contributed by atoms with van der Waals surface area (Å²) in [5.74, 6) is 2.12. The van der Waals surface area contributed by atoms with Crippen LogP contribution < -0.4 is 15.4 Å². The van der Waals surface area contributed by atoms with Crippen molar-refractivity contribution in [3.8, 4) is 5.75 Å². The van der Waals surface area contributed by atoms with Gasteiger partial charge in [-0.1, -0.05) is 12.5 Å². The van der Waals surface area contributed by atoms with Crippen LogP contribution in [0.2, 0.25) is 0 Å². The zero-order valence-electron chi connectivity index (χ0n) is 14.7. The second kappa shape index (κ2) is 12.9. The second-order valence-corrected chi connectivity index (χ2v) is 6.37. The molecule has 0 saturated heterocycles. The number of hydrogen-bond donors (Lipinski definition) is 4. The predicted molar refractivity (Wildman–Crippen MR) is 107 cm³/mol. The molecule has 0 aliphatic heterocycles. The van der Waals surface area contributed by atoms with Gasteiger partial charge in [-0.05, 0) is 36.1 Å². The van der Waals surface area contributed by atoms with Crippen molar-refractivity contribution in [2.24, 2.45) is 0 Å². The van der Waals surface area contributed by atoms with Crippen LogP contribution in [0.15, 0.2) is 18.2 Å². The topological polar surface area (TPSA) is 67.4 Å². The van der Waals surface area contributed by atoms with Crippen LogP contribution in [-0.4, -0.2) is 31.5 Å². The molecule has 1 aromatic rings. The number of rotatable bonds is 12. The highest BCUT2D eigenvalue weighted by Gasteiger charge is 2.04.